The maximum atomic E-state index is 13.4. The molecule has 0 aliphatic heterocycles. The van der Waals surface area contributed by atoms with Gasteiger partial charge in [-0.1, -0.05) is 37.3 Å². The van der Waals surface area contributed by atoms with E-state index in [1.54, 1.807) is 0 Å². The Balaban J connectivity index is 2.21. The molecule has 0 spiro atoms. The van der Waals surface area contributed by atoms with Crippen LogP contribution in [0.25, 0.3) is 0 Å². The highest BCUT2D eigenvalue weighted by Gasteiger charge is 2.19. The Kier molecular flexibility index (Phi) is 4.88. The molecule has 0 fully saturated rings. The van der Waals surface area contributed by atoms with Crippen molar-refractivity contribution in [2.45, 2.75) is 19.3 Å². The second kappa shape index (κ2) is 6.85. The van der Waals surface area contributed by atoms with Crippen molar-refractivity contribution in [1.82, 2.24) is 0 Å². The molecule has 0 aliphatic rings. The van der Waals surface area contributed by atoms with Gasteiger partial charge in [-0.25, -0.2) is 4.39 Å². The summed E-state index contributed by atoms with van der Waals surface area (Å²) in [4.78, 5) is 23.5. The summed E-state index contributed by atoms with van der Waals surface area (Å²) in [5.74, 6) is -2.11. The normalized spacial score (nSPS) is 11.7. The molecule has 0 aromatic heterocycles. The highest BCUT2D eigenvalue weighted by molar-refractivity contribution is 5.98. The van der Waals surface area contributed by atoms with E-state index in [0.717, 1.165) is 11.6 Å². The lowest BCUT2D eigenvalue weighted by atomic mass is 9.95. The molecule has 0 heterocycles. The molecule has 1 unspecified atom stereocenters. The van der Waals surface area contributed by atoms with Crippen molar-refractivity contribution in [2.24, 2.45) is 5.73 Å². The van der Waals surface area contributed by atoms with E-state index < -0.39 is 11.7 Å². The molecular formula is C17H17FN2O2. The van der Waals surface area contributed by atoms with Gasteiger partial charge in [0.2, 0.25) is 5.91 Å². The second-order valence-electron chi connectivity index (χ2n) is 4.92. The standard InChI is InChI=1S/C17H17FN2O2/c1-2-13(11-6-4-3-5-7-11)17(22)20-12-8-9-15(18)14(10-12)16(19)21/h3-10,13H,2H2,1H3,(H2,19,21)(H,20,22). The first-order valence-corrected chi connectivity index (χ1v) is 6.98. The van der Waals surface area contributed by atoms with Crippen LogP contribution in [-0.2, 0) is 4.79 Å². The van der Waals surface area contributed by atoms with Crippen LogP contribution in [0.4, 0.5) is 10.1 Å². The first-order chi connectivity index (χ1) is 10.5. The quantitative estimate of drug-likeness (QED) is 0.890. The van der Waals surface area contributed by atoms with Gasteiger partial charge >= 0.3 is 0 Å². The number of primary amides is 1. The number of hydrogen-bond acceptors (Lipinski definition) is 2. The number of halogens is 1. The van der Waals surface area contributed by atoms with Crippen LogP contribution in [0.3, 0.4) is 0 Å². The summed E-state index contributed by atoms with van der Waals surface area (Å²) < 4.78 is 13.4. The van der Waals surface area contributed by atoms with Crippen LogP contribution in [-0.4, -0.2) is 11.8 Å². The highest BCUT2D eigenvalue weighted by Crippen LogP contribution is 2.22. The van der Waals surface area contributed by atoms with Crippen molar-refractivity contribution in [1.29, 1.82) is 0 Å². The molecule has 3 N–H and O–H groups in total. The third kappa shape index (κ3) is 3.49. The van der Waals surface area contributed by atoms with E-state index in [1.165, 1.54) is 12.1 Å². The van der Waals surface area contributed by atoms with E-state index >= 15 is 0 Å². The summed E-state index contributed by atoms with van der Waals surface area (Å²) in [7, 11) is 0. The number of rotatable bonds is 5. The van der Waals surface area contributed by atoms with Crippen LogP contribution in [0, 0.1) is 5.82 Å². The van der Waals surface area contributed by atoms with Gasteiger partial charge in [0, 0.05) is 5.69 Å². The van der Waals surface area contributed by atoms with Crippen molar-refractivity contribution >= 4 is 17.5 Å². The fourth-order valence-corrected chi connectivity index (χ4v) is 2.28. The van der Waals surface area contributed by atoms with Crippen molar-refractivity contribution in [3.8, 4) is 0 Å². The first-order valence-electron chi connectivity index (χ1n) is 6.98. The zero-order valence-electron chi connectivity index (χ0n) is 12.2. The number of benzene rings is 2. The minimum Gasteiger partial charge on any atom is -0.366 e. The largest absolute Gasteiger partial charge is 0.366 e. The highest BCUT2D eigenvalue weighted by atomic mass is 19.1. The van der Waals surface area contributed by atoms with Gasteiger partial charge < -0.3 is 11.1 Å². The van der Waals surface area contributed by atoms with Crippen molar-refractivity contribution in [3.63, 3.8) is 0 Å². The Morgan fingerprint density at radius 1 is 1.18 bits per heavy atom. The van der Waals surface area contributed by atoms with Gasteiger partial charge in [0.1, 0.15) is 5.82 Å². The molecular weight excluding hydrogens is 283 g/mol. The Hall–Kier alpha value is -2.69. The molecule has 2 amide bonds. The Bertz CT molecular complexity index is 686. The lowest BCUT2D eigenvalue weighted by molar-refractivity contribution is -0.117. The molecule has 0 radical (unpaired) electrons. The summed E-state index contributed by atoms with van der Waals surface area (Å²) in [5, 5.41) is 2.70. The monoisotopic (exact) mass is 300 g/mol. The Morgan fingerprint density at radius 3 is 2.45 bits per heavy atom. The summed E-state index contributed by atoms with van der Waals surface area (Å²) in [5.41, 5.74) is 6.10. The van der Waals surface area contributed by atoms with E-state index in [9.17, 15) is 14.0 Å². The third-order valence-electron chi connectivity index (χ3n) is 3.43. The molecule has 0 saturated heterocycles. The van der Waals surface area contributed by atoms with Gasteiger partial charge in [-0.3, -0.25) is 9.59 Å². The maximum absolute atomic E-state index is 13.4. The molecule has 2 aromatic rings. The first kappa shape index (κ1) is 15.7. The van der Waals surface area contributed by atoms with Gasteiger partial charge in [0.05, 0.1) is 11.5 Å². The SMILES string of the molecule is CCC(C(=O)Nc1ccc(F)c(C(N)=O)c1)c1ccccc1. The molecule has 5 heteroatoms. The van der Waals surface area contributed by atoms with Crippen molar-refractivity contribution in [3.05, 3.63) is 65.5 Å². The van der Waals surface area contributed by atoms with Crippen LogP contribution < -0.4 is 11.1 Å². The number of nitrogens with one attached hydrogen (secondary N) is 1. The summed E-state index contributed by atoms with van der Waals surface area (Å²) in [6.45, 7) is 1.91. The number of anilines is 1. The van der Waals surface area contributed by atoms with Crippen molar-refractivity contribution < 1.29 is 14.0 Å². The number of hydrogen-bond donors (Lipinski definition) is 2. The topological polar surface area (TPSA) is 72.2 Å². The average Bonchev–Trinajstić information content (AvgIpc) is 2.51. The molecule has 0 aliphatic carbocycles. The van der Waals surface area contributed by atoms with E-state index in [-0.39, 0.29) is 17.4 Å². The van der Waals surface area contributed by atoms with Crippen LogP contribution in [0.1, 0.15) is 35.2 Å². The molecule has 22 heavy (non-hydrogen) atoms. The van der Waals surface area contributed by atoms with Gasteiger partial charge in [-0.15, -0.1) is 0 Å². The molecule has 114 valence electrons. The molecule has 0 saturated carbocycles. The third-order valence-corrected chi connectivity index (χ3v) is 3.43. The van der Waals surface area contributed by atoms with Gasteiger partial charge in [0.25, 0.3) is 5.91 Å². The lowest BCUT2D eigenvalue weighted by Crippen LogP contribution is -2.21. The number of carbonyl (C=O) groups is 2. The average molecular weight is 300 g/mol. The van der Waals surface area contributed by atoms with Crippen molar-refractivity contribution in [2.75, 3.05) is 5.32 Å². The molecule has 0 bridgehead atoms. The van der Waals surface area contributed by atoms with E-state index in [1.807, 2.05) is 37.3 Å². The predicted octanol–water partition coefficient (Wildman–Crippen LogP) is 3.06. The Morgan fingerprint density at radius 2 is 1.86 bits per heavy atom. The number of amides is 2. The Labute approximate surface area is 128 Å². The zero-order chi connectivity index (χ0) is 16.1. The van der Waals surface area contributed by atoms with Crippen LogP contribution in [0.15, 0.2) is 48.5 Å². The van der Waals surface area contributed by atoms with Crippen LogP contribution in [0.5, 0.6) is 0 Å². The maximum Gasteiger partial charge on any atom is 0.251 e. The smallest absolute Gasteiger partial charge is 0.251 e. The zero-order valence-corrected chi connectivity index (χ0v) is 12.2. The fraction of sp³-hybridized carbons (Fsp3) is 0.176. The van der Waals surface area contributed by atoms with Gasteiger partial charge in [0.15, 0.2) is 0 Å². The van der Waals surface area contributed by atoms with Gasteiger partial charge in [-0.05, 0) is 30.2 Å². The number of nitrogens with two attached hydrogens (primary N) is 1. The minimum atomic E-state index is -0.872. The molecule has 1 atom stereocenters. The summed E-state index contributed by atoms with van der Waals surface area (Å²) >= 11 is 0. The molecule has 4 nitrogen and oxygen atoms in total. The van der Waals surface area contributed by atoms with E-state index in [2.05, 4.69) is 5.32 Å². The van der Waals surface area contributed by atoms with E-state index in [0.29, 0.717) is 12.1 Å². The second-order valence-corrected chi connectivity index (χ2v) is 4.92. The molecule has 2 aromatic carbocycles. The van der Waals surface area contributed by atoms with E-state index in [4.69, 9.17) is 5.73 Å². The lowest BCUT2D eigenvalue weighted by Gasteiger charge is -2.15. The summed E-state index contributed by atoms with van der Waals surface area (Å²) in [6, 6.07) is 13.1. The van der Waals surface area contributed by atoms with Crippen LogP contribution >= 0.6 is 0 Å². The number of carbonyl (C=O) groups excluding carboxylic acids is 2. The fourth-order valence-electron chi connectivity index (χ4n) is 2.28. The minimum absolute atomic E-state index is 0.212. The van der Waals surface area contributed by atoms with Crippen LogP contribution in [0.2, 0.25) is 0 Å². The predicted molar refractivity (Wildman–Crippen MR) is 83.0 cm³/mol. The molecule has 2 rings (SSSR count). The summed E-state index contributed by atoms with van der Waals surface area (Å²) in [6.07, 6.45) is 0.625. The van der Waals surface area contributed by atoms with Gasteiger partial charge in [-0.2, -0.15) is 0 Å².